The molecule has 126 valence electrons. The van der Waals surface area contributed by atoms with Gasteiger partial charge in [0.1, 0.15) is 0 Å². The fourth-order valence-electron chi connectivity index (χ4n) is 3.74. The summed E-state index contributed by atoms with van der Waals surface area (Å²) < 4.78 is 0. The number of carboxylic acids is 1. The minimum absolute atomic E-state index is 0.0584. The summed E-state index contributed by atoms with van der Waals surface area (Å²) in [4.78, 5) is 11.3. The van der Waals surface area contributed by atoms with Gasteiger partial charge in [0.2, 0.25) is 0 Å². The molecule has 1 aliphatic carbocycles. The fourth-order valence-corrected chi connectivity index (χ4v) is 3.74. The van der Waals surface area contributed by atoms with Crippen LogP contribution in [0.15, 0.2) is 42.5 Å². The summed E-state index contributed by atoms with van der Waals surface area (Å²) in [6.45, 7) is 0.745. The molecule has 1 unspecified atom stereocenters. The molecule has 0 heterocycles. The molecule has 1 aliphatic rings. The quantitative estimate of drug-likeness (QED) is 0.797. The van der Waals surface area contributed by atoms with Crippen LogP contribution in [-0.2, 0) is 24.1 Å². The Morgan fingerprint density at radius 2 is 1.92 bits per heavy atom. The third kappa shape index (κ3) is 3.85. The highest BCUT2D eigenvalue weighted by molar-refractivity contribution is 5.68. The number of carbonyl (C=O) groups is 1. The van der Waals surface area contributed by atoms with Gasteiger partial charge in [-0.2, -0.15) is 0 Å². The zero-order chi connectivity index (χ0) is 16.9. The smallest absolute Gasteiger partial charge is 0.303 e. The van der Waals surface area contributed by atoms with E-state index in [-0.39, 0.29) is 12.3 Å². The van der Waals surface area contributed by atoms with E-state index in [4.69, 9.17) is 5.73 Å². The minimum Gasteiger partial charge on any atom is -0.481 e. The maximum atomic E-state index is 11.3. The van der Waals surface area contributed by atoms with E-state index in [1.165, 1.54) is 27.8 Å². The molecule has 0 spiro atoms. The molecule has 3 nitrogen and oxygen atoms in total. The maximum Gasteiger partial charge on any atom is 0.303 e. The van der Waals surface area contributed by atoms with Gasteiger partial charge in [0.25, 0.3) is 0 Å². The highest BCUT2D eigenvalue weighted by Gasteiger charge is 2.23. The second kappa shape index (κ2) is 7.63. The Balaban J connectivity index is 1.91. The van der Waals surface area contributed by atoms with Crippen LogP contribution in [0.25, 0.3) is 0 Å². The summed E-state index contributed by atoms with van der Waals surface area (Å²) >= 11 is 0. The predicted octanol–water partition coefficient (Wildman–Crippen LogP) is 3.67. The van der Waals surface area contributed by atoms with Crippen LogP contribution >= 0.6 is 0 Å². The highest BCUT2D eigenvalue weighted by atomic mass is 16.4. The number of fused-ring (bicyclic) bond motifs is 2. The first-order valence-corrected chi connectivity index (χ1v) is 8.77. The molecule has 1 atom stereocenters. The van der Waals surface area contributed by atoms with Crippen LogP contribution in [0.5, 0.6) is 0 Å². The standard InChI is InChI=1S/C21H25NO2/c22-10-4-3-5-15-8-9-16-12-19(14-21(23)24)20-7-2-1-6-17(20)13-18(16)11-15/h1-2,6-9,11,19H,3-5,10,12-14,22H2,(H,23,24). The van der Waals surface area contributed by atoms with Gasteiger partial charge in [-0.1, -0.05) is 42.5 Å². The number of benzene rings is 2. The topological polar surface area (TPSA) is 63.3 Å². The molecule has 2 aromatic carbocycles. The van der Waals surface area contributed by atoms with E-state index in [1.54, 1.807) is 0 Å². The number of hydrogen-bond acceptors (Lipinski definition) is 2. The third-order valence-electron chi connectivity index (χ3n) is 4.95. The summed E-state index contributed by atoms with van der Waals surface area (Å²) in [6, 6.07) is 15.0. The third-order valence-corrected chi connectivity index (χ3v) is 4.95. The van der Waals surface area contributed by atoms with Crippen molar-refractivity contribution >= 4 is 5.97 Å². The summed E-state index contributed by atoms with van der Waals surface area (Å²) in [5.41, 5.74) is 12.0. The van der Waals surface area contributed by atoms with Gasteiger partial charge >= 0.3 is 5.97 Å². The van der Waals surface area contributed by atoms with E-state index in [0.29, 0.717) is 0 Å². The fraction of sp³-hybridized carbons (Fsp3) is 0.381. The Morgan fingerprint density at radius 3 is 2.71 bits per heavy atom. The predicted molar refractivity (Wildman–Crippen MR) is 96.4 cm³/mol. The van der Waals surface area contributed by atoms with Crippen LogP contribution in [0.1, 0.15) is 53.0 Å². The zero-order valence-electron chi connectivity index (χ0n) is 14.0. The van der Waals surface area contributed by atoms with Crippen molar-refractivity contribution in [3.63, 3.8) is 0 Å². The van der Waals surface area contributed by atoms with Crippen molar-refractivity contribution in [2.45, 2.75) is 44.4 Å². The van der Waals surface area contributed by atoms with Crippen molar-refractivity contribution in [3.05, 3.63) is 70.3 Å². The number of aliphatic carboxylic acids is 1. The zero-order valence-corrected chi connectivity index (χ0v) is 14.0. The molecule has 0 aliphatic heterocycles. The Hall–Kier alpha value is -2.13. The molecule has 0 fully saturated rings. The number of rotatable bonds is 6. The molecule has 0 aromatic heterocycles. The first-order chi connectivity index (χ1) is 11.7. The van der Waals surface area contributed by atoms with E-state index < -0.39 is 5.97 Å². The van der Waals surface area contributed by atoms with Crippen LogP contribution in [0.4, 0.5) is 0 Å². The summed E-state index contributed by atoms with van der Waals surface area (Å²) in [5, 5.41) is 9.29. The number of hydrogen-bond donors (Lipinski definition) is 2. The average Bonchev–Trinajstić information content (AvgIpc) is 2.71. The van der Waals surface area contributed by atoms with Crippen molar-refractivity contribution in [2.24, 2.45) is 5.73 Å². The molecule has 3 heteroatoms. The first-order valence-electron chi connectivity index (χ1n) is 8.77. The second-order valence-electron chi connectivity index (χ2n) is 6.72. The SMILES string of the molecule is NCCCCc1ccc2c(c1)Cc1ccccc1C(CC(=O)O)C2. The summed E-state index contributed by atoms with van der Waals surface area (Å²) in [7, 11) is 0. The van der Waals surface area contributed by atoms with Gasteiger partial charge in [-0.15, -0.1) is 0 Å². The van der Waals surface area contributed by atoms with Crippen LogP contribution in [0, 0.1) is 0 Å². The average molecular weight is 323 g/mol. The lowest BCUT2D eigenvalue weighted by atomic mass is 9.89. The summed E-state index contributed by atoms with van der Waals surface area (Å²) in [5.74, 6) is -0.667. The van der Waals surface area contributed by atoms with E-state index in [9.17, 15) is 9.90 Å². The van der Waals surface area contributed by atoms with Gasteiger partial charge in [0.15, 0.2) is 0 Å². The van der Waals surface area contributed by atoms with Crippen LogP contribution in [0.3, 0.4) is 0 Å². The molecule has 0 saturated heterocycles. The first kappa shape index (κ1) is 16.7. The van der Waals surface area contributed by atoms with E-state index in [0.717, 1.165) is 38.6 Å². The normalized spacial score (nSPS) is 16.1. The molecule has 0 radical (unpaired) electrons. The van der Waals surface area contributed by atoms with Gasteiger partial charge in [0.05, 0.1) is 6.42 Å². The Bertz CT molecular complexity index is 724. The van der Waals surface area contributed by atoms with Crippen LogP contribution in [0.2, 0.25) is 0 Å². The molecule has 24 heavy (non-hydrogen) atoms. The van der Waals surface area contributed by atoms with E-state index in [1.807, 2.05) is 12.1 Å². The van der Waals surface area contributed by atoms with Gasteiger partial charge in [-0.05, 0) is 72.4 Å². The van der Waals surface area contributed by atoms with E-state index >= 15 is 0 Å². The number of aryl methyl sites for hydroxylation is 1. The molecule has 0 bridgehead atoms. The molecule has 2 aromatic rings. The molecule has 3 N–H and O–H groups in total. The lowest BCUT2D eigenvalue weighted by molar-refractivity contribution is -0.137. The monoisotopic (exact) mass is 323 g/mol. The van der Waals surface area contributed by atoms with Gasteiger partial charge in [-0.25, -0.2) is 0 Å². The summed E-state index contributed by atoms with van der Waals surface area (Å²) in [6.07, 6.45) is 5.13. The lowest BCUT2D eigenvalue weighted by Gasteiger charge is -2.15. The van der Waals surface area contributed by atoms with Crippen molar-refractivity contribution in [1.29, 1.82) is 0 Å². The van der Waals surface area contributed by atoms with E-state index in [2.05, 4.69) is 30.3 Å². The molecule has 0 saturated carbocycles. The largest absolute Gasteiger partial charge is 0.481 e. The number of nitrogens with two attached hydrogens (primary N) is 1. The van der Waals surface area contributed by atoms with Crippen LogP contribution < -0.4 is 5.73 Å². The Kier molecular flexibility index (Phi) is 5.31. The highest BCUT2D eigenvalue weighted by Crippen LogP contribution is 2.34. The second-order valence-corrected chi connectivity index (χ2v) is 6.72. The van der Waals surface area contributed by atoms with Gasteiger partial charge in [0, 0.05) is 0 Å². The van der Waals surface area contributed by atoms with Gasteiger partial charge < -0.3 is 10.8 Å². The lowest BCUT2D eigenvalue weighted by Crippen LogP contribution is -2.09. The van der Waals surface area contributed by atoms with Gasteiger partial charge in [-0.3, -0.25) is 4.79 Å². The van der Waals surface area contributed by atoms with Crippen molar-refractivity contribution in [2.75, 3.05) is 6.54 Å². The Labute approximate surface area is 143 Å². The molecular weight excluding hydrogens is 298 g/mol. The van der Waals surface area contributed by atoms with Crippen molar-refractivity contribution < 1.29 is 9.90 Å². The molecular formula is C21H25NO2. The van der Waals surface area contributed by atoms with Crippen molar-refractivity contribution in [3.8, 4) is 0 Å². The molecule has 3 rings (SSSR count). The molecule has 0 amide bonds. The number of unbranched alkanes of at least 4 members (excludes halogenated alkanes) is 1. The van der Waals surface area contributed by atoms with Crippen molar-refractivity contribution in [1.82, 2.24) is 0 Å². The van der Waals surface area contributed by atoms with Crippen LogP contribution in [-0.4, -0.2) is 17.6 Å². The number of carboxylic acid groups (broad SMARTS) is 1. The Morgan fingerprint density at radius 1 is 1.08 bits per heavy atom. The maximum absolute atomic E-state index is 11.3. The minimum atomic E-state index is -0.725.